The molecule has 5 rings (SSSR count). The molecule has 4 aromatic heterocycles. The highest BCUT2D eigenvalue weighted by Crippen LogP contribution is 2.50. The Morgan fingerprint density at radius 2 is 1.85 bits per heavy atom. The number of aromatic nitrogens is 7. The van der Waals surface area contributed by atoms with Crippen LogP contribution in [0.3, 0.4) is 0 Å². The molecule has 0 fully saturated rings. The number of pyridine rings is 1. The van der Waals surface area contributed by atoms with E-state index in [4.69, 9.17) is 11.6 Å². The van der Waals surface area contributed by atoms with Crippen LogP contribution in [-0.2, 0) is 5.41 Å². The summed E-state index contributed by atoms with van der Waals surface area (Å²) in [7, 11) is 0. The van der Waals surface area contributed by atoms with Crippen LogP contribution in [0.2, 0.25) is 5.15 Å². The van der Waals surface area contributed by atoms with E-state index in [9.17, 15) is 31.9 Å². The first-order valence-electron chi connectivity index (χ1n) is 11.9. The summed E-state index contributed by atoms with van der Waals surface area (Å²) in [5.74, 6) is -0.358. The fourth-order valence-electron chi connectivity index (χ4n) is 4.12. The van der Waals surface area contributed by atoms with Gasteiger partial charge in [-0.05, 0) is 19.9 Å². The van der Waals surface area contributed by atoms with Gasteiger partial charge in [-0.15, -0.1) is 9.90 Å². The van der Waals surface area contributed by atoms with Gasteiger partial charge in [0.05, 0.1) is 47.3 Å². The van der Waals surface area contributed by atoms with Crippen LogP contribution in [0.15, 0.2) is 30.7 Å². The van der Waals surface area contributed by atoms with Gasteiger partial charge in [0.15, 0.2) is 16.6 Å². The number of fused-ring (bicyclic) bond motifs is 3. The molecule has 0 aliphatic carbocycles. The standard InChI is InChI=1S/C21H17ClF5N9O2.C2H6/c1-9(37)12-6-30-36(32-12)18-11(17(23)24)3-10(5-29-18)31-19(38)34-8-20(2,21(25,26)27)16-13(34)7-28-15-4-14(22)33-35(15)16;1-2/h3-7,9,17,37H,8H2,1-2H3,(H,31,38);1-2H3/t9?,20-;/m1./s1. The molecule has 0 bridgehead atoms. The van der Waals surface area contributed by atoms with E-state index in [1.165, 1.54) is 19.2 Å². The minimum absolute atomic E-state index is 0.0545. The Morgan fingerprint density at radius 3 is 2.45 bits per heavy atom. The van der Waals surface area contributed by atoms with Crippen molar-refractivity contribution >= 4 is 34.7 Å². The number of nitrogens with zero attached hydrogens (tertiary/aromatic N) is 8. The second-order valence-corrected chi connectivity index (χ2v) is 9.13. The first-order chi connectivity index (χ1) is 18.8. The summed E-state index contributed by atoms with van der Waals surface area (Å²) in [4.78, 5) is 22.7. The zero-order valence-corrected chi connectivity index (χ0v) is 22.2. The normalized spacial score (nSPS) is 17.6. The third-order valence-corrected chi connectivity index (χ3v) is 6.29. The van der Waals surface area contributed by atoms with Gasteiger partial charge in [-0.2, -0.15) is 23.4 Å². The molecule has 4 aromatic rings. The van der Waals surface area contributed by atoms with Crippen molar-refractivity contribution in [2.24, 2.45) is 0 Å². The predicted octanol–water partition coefficient (Wildman–Crippen LogP) is 5.25. The van der Waals surface area contributed by atoms with Crippen LogP contribution >= 0.6 is 11.6 Å². The number of carbonyl (C=O) groups is 1. The van der Waals surface area contributed by atoms with Gasteiger partial charge in [0.1, 0.15) is 11.1 Å². The molecule has 2 amide bonds. The number of alkyl halides is 5. The third-order valence-electron chi connectivity index (χ3n) is 6.10. The Balaban J connectivity index is 0.00000181. The van der Waals surface area contributed by atoms with E-state index in [1.54, 1.807) is 0 Å². The molecule has 40 heavy (non-hydrogen) atoms. The number of nitrogens with one attached hydrogen (secondary N) is 1. The first-order valence-corrected chi connectivity index (χ1v) is 12.3. The van der Waals surface area contributed by atoms with Crippen molar-refractivity contribution in [1.29, 1.82) is 0 Å². The molecule has 2 atom stereocenters. The molecule has 0 saturated heterocycles. The fraction of sp³-hybridized carbons (Fsp3) is 0.391. The van der Waals surface area contributed by atoms with Crippen LogP contribution in [0.1, 0.15) is 57.2 Å². The topological polar surface area (TPSA) is 126 Å². The Morgan fingerprint density at radius 1 is 1.15 bits per heavy atom. The van der Waals surface area contributed by atoms with Crippen molar-refractivity contribution < 1.29 is 31.9 Å². The summed E-state index contributed by atoms with van der Waals surface area (Å²) in [6, 6.07) is 1.14. The highest BCUT2D eigenvalue weighted by atomic mass is 35.5. The Hall–Kier alpha value is -3.92. The van der Waals surface area contributed by atoms with Crippen LogP contribution in [0, 0.1) is 0 Å². The van der Waals surface area contributed by atoms with Crippen LogP contribution in [-0.4, -0.2) is 58.4 Å². The number of urea groups is 1. The molecular formula is C23H23ClF5N9O2. The molecule has 17 heteroatoms. The minimum atomic E-state index is -4.79. The SMILES string of the molecule is CC.CC(O)c1cnn(-c2ncc(NC(=O)N3C[C@@](C)(C(F)(F)F)c4c3cnc3cc(Cl)nn43)cc2C(F)F)n1. The number of rotatable bonds is 4. The zero-order chi connectivity index (χ0) is 29.6. The second-order valence-electron chi connectivity index (χ2n) is 8.75. The van der Waals surface area contributed by atoms with E-state index in [2.05, 4.69) is 30.6 Å². The summed E-state index contributed by atoms with van der Waals surface area (Å²) in [6.45, 7) is 5.50. The number of carbonyl (C=O) groups excluding carboxylic acids is 1. The molecule has 2 N–H and O–H groups in total. The maximum absolute atomic E-state index is 14.2. The van der Waals surface area contributed by atoms with Gasteiger partial charge in [-0.3, -0.25) is 4.90 Å². The zero-order valence-electron chi connectivity index (χ0n) is 21.4. The number of anilines is 2. The Bertz CT molecular complexity index is 1560. The van der Waals surface area contributed by atoms with Crippen molar-refractivity contribution in [2.45, 2.75) is 51.8 Å². The number of hydrogen-bond acceptors (Lipinski definition) is 7. The molecule has 1 aliphatic heterocycles. The second kappa shape index (κ2) is 10.6. The average molecular weight is 588 g/mol. The largest absolute Gasteiger partial charge is 0.401 e. The molecule has 5 heterocycles. The molecule has 0 aromatic carbocycles. The first kappa shape index (κ1) is 29.1. The lowest BCUT2D eigenvalue weighted by Gasteiger charge is -2.28. The lowest BCUT2D eigenvalue weighted by atomic mass is 9.88. The van der Waals surface area contributed by atoms with Crippen molar-refractivity contribution in [2.75, 3.05) is 16.8 Å². The van der Waals surface area contributed by atoms with E-state index < -0.39 is 42.3 Å². The lowest BCUT2D eigenvalue weighted by molar-refractivity contribution is -0.181. The van der Waals surface area contributed by atoms with Crippen molar-refractivity contribution in [3.8, 4) is 5.82 Å². The molecule has 0 radical (unpaired) electrons. The van der Waals surface area contributed by atoms with Crippen molar-refractivity contribution in [1.82, 2.24) is 34.6 Å². The van der Waals surface area contributed by atoms with Gasteiger partial charge in [0.25, 0.3) is 6.43 Å². The maximum atomic E-state index is 14.2. The molecule has 1 unspecified atom stereocenters. The lowest BCUT2D eigenvalue weighted by Crippen LogP contribution is -2.46. The van der Waals surface area contributed by atoms with E-state index in [0.717, 1.165) is 39.6 Å². The number of halogens is 6. The van der Waals surface area contributed by atoms with Gasteiger partial charge in [-0.25, -0.2) is 28.1 Å². The van der Waals surface area contributed by atoms with Crippen LogP contribution in [0.4, 0.5) is 38.1 Å². The molecule has 11 nitrogen and oxygen atoms in total. The molecule has 1 aliphatic rings. The number of hydrogen-bond donors (Lipinski definition) is 2. The monoisotopic (exact) mass is 587 g/mol. The summed E-state index contributed by atoms with van der Waals surface area (Å²) < 4.78 is 71.4. The van der Waals surface area contributed by atoms with Gasteiger partial charge < -0.3 is 10.4 Å². The Labute approximate surface area is 228 Å². The maximum Gasteiger partial charge on any atom is 0.401 e. The van der Waals surface area contributed by atoms with E-state index >= 15 is 0 Å². The molecular weight excluding hydrogens is 565 g/mol. The van der Waals surface area contributed by atoms with Crippen LogP contribution in [0.5, 0.6) is 0 Å². The fourth-order valence-corrected chi connectivity index (χ4v) is 4.30. The molecule has 0 saturated carbocycles. The van der Waals surface area contributed by atoms with Crippen molar-refractivity contribution in [3.63, 3.8) is 0 Å². The number of amides is 2. The van der Waals surface area contributed by atoms with E-state index in [1.807, 2.05) is 13.8 Å². The minimum Gasteiger partial charge on any atom is -0.387 e. The van der Waals surface area contributed by atoms with Gasteiger partial charge in [0.2, 0.25) is 0 Å². The summed E-state index contributed by atoms with van der Waals surface area (Å²) in [6.07, 6.45) is -5.57. The third kappa shape index (κ3) is 4.92. The number of aliphatic hydroxyl groups excluding tert-OH is 1. The highest BCUT2D eigenvalue weighted by Gasteiger charge is 2.60. The van der Waals surface area contributed by atoms with Gasteiger partial charge in [0, 0.05) is 12.6 Å². The van der Waals surface area contributed by atoms with Gasteiger partial charge >= 0.3 is 12.2 Å². The predicted molar refractivity (Wildman–Crippen MR) is 134 cm³/mol. The van der Waals surface area contributed by atoms with E-state index in [0.29, 0.717) is 0 Å². The van der Waals surface area contributed by atoms with Gasteiger partial charge in [-0.1, -0.05) is 25.4 Å². The summed E-state index contributed by atoms with van der Waals surface area (Å²) in [5.41, 5.74) is -3.77. The quantitative estimate of drug-likeness (QED) is 0.312. The number of aliphatic hydroxyl groups is 1. The van der Waals surface area contributed by atoms with Crippen LogP contribution in [0.25, 0.3) is 11.5 Å². The summed E-state index contributed by atoms with van der Waals surface area (Å²) in [5, 5.41) is 23.4. The van der Waals surface area contributed by atoms with E-state index in [-0.39, 0.29) is 39.4 Å². The smallest absolute Gasteiger partial charge is 0.387 e. The Kier molecular flexibility index (Phi) is 7.68. The summed E-state index contributed by atoms with van der Waals surface area (Å²) >= 11 is 5.88. The van der Waals surface area contributed by atoms with Crippen molar-refractivity contribution in [3.05, 3.63) is 52.8 Å². The highest BCUT2D eigenvalue weighted by molar-refractivity contribution is 6.29. The van der Waals surface area contributed by atoms with Crippen LogP contribution < -0.4 is 10.2 Å². The molecule has 214 valence electrons. The molecule has 0 spiro atoms. The average Bonchev–Trinajstić information content (AvgIpc) is 3.60.